The highest BCUT2D eigenvalue weighted by Crippen LogP contribution is 2.26. The Labute approximate surface area is 156 Å². The van der Waals surface area contributed by atoms with Crippen molar-refractivity contribution in [2.24, 2.45) is 0 Å². The standard InChI is InChI=1S/C18H21N3O2S2/c1-13-16(11-25-12-17(22)21(2)10-4-9-19)20-18(23-13)14-5-7-15(24-3)8-6-14/h5-8H,4,10-12H2,1-3H3. The quantitative estimate of drug-likeness (QED) is 0.650. The molecular formula is C18H21N3O2S2. The third-order valence-electron chi connectivity index (χ3n) is 3.68. The number of hydrogen-bond donors (Lipinski definition) is 0. The third-order valence-corrected chi connectivity index (χ3v) is 5.35. The molecule has 132 valence electrons. The Bertz CT molecular complexity index is 751. The molecule has 1 heterocycles. The van der Waals surface area contributed by atoms with Crippen molar-refractivity contribution >= 4 is 29.4 Å². The zero-order valence-electron chi connectivity index (χ0n) is 14.6. The molecule has 25 heavy (non-hydrogen) atoms. The molecule has 0 spiro atoms. The fourth-order valence-electron chi connectivity index (χ4n) is 2.11. The Morgan fingerprint density at radius 3 is 2.72 bits per heavy atom. The van der Waals surface area contributed by atoms with Crippen molar-refractivity contribution in [1.82, 2.24) is 9.88 Å². The van der Waals surface area contributed by atoms with Gasteiger partial charge in [-0.3, -0.25) is 4.79 Å². The second kappa shape index (κ2) is 9.54. The van der Waals surface area contributed by atoms with Crippen molar-refractivity contribution in [3.05, 3.63) is 35.7 Å². The van der Waals surface area contributed by atoms with E-state index in [1.165, 1.54) is 16.7 Å². The van der Waals surface area contributed by atoms with Crippen LogP contribution in [0.25, 0.3) is 11.5 Å². The van der Waals surface area contributed by atoms with Crippen LogP contribution in [-0.4, -0.2) is 41.4 Å². The first-order chi connectivity index (χ1) is 12.0. The molecule has 0 aliphatic heterocycles. The summed E-state index contributed by atoms with van der Waals surface area (Å²) in [5, 5.41) is 8.56. The summed E-state index contributed by atoms with van der Waals surface area (Å²) < 4.78 is 5.77. The predicted molar refractivity (Wildman–Crippen MR) is 102 cm³/mol. The van der Waals surface area contributed by atoms with Gasteiger partial charge in [-0.25, -0.2) is 4.98 Å². The summed E-state index contributed by atoms with van der Waals surface area (Å²) in [6, 6.07) is 10.1. The second-order valence-corrected chi connectivity index (χ2v) is 7.33. The Hall–Kier alpha value is -1.91. The molecule has 7 heteroatoms. The van der Waals surface area contributed by atoms with Gasteiger partial charge in [0.25, 0.3) is 0 Å². The van der Waals surface area contributed by atoms with Gasteiger partial charge in [0.2, 0.25) is 11.8 Å². The van der Waals surface area contributed by atoms with Crippen molar-refractivity contribution < 1.29 is 9.21 Å². The fraction of sp³-hybridized carbons (Fsp3) is 0.389. The van der Waals surface area contributed by atoms with Crippen molar-refractivity contribution in [3.63, 3.8) is 0 Å². The monoisotopic (exact) mass is 375 g/mol. The van der Waals surface area contributed by atoms with E-state index in [1.807, 2.05) is 43.5 Å². The number of thioether (sulfide) groups is 2. The lowest BCUT2D eigenvalue weighted by atomic mass is 10.2. The maximum Gasteiger partial charge on any atom is 0.232 e. The van der Waals surface area contributed by atoms with E-state index in [4.69, 9.17) is 9.68 Å². The Morgan fingerprint density at radius 1 is 1.36 bits per heavy atom. The molecule has 2 aromatic rings. The van der Waals surface area contributed by atoms with Crippen LogP contribution in [0.2, 0.25) is 0 Å². The number of carbonyl (C=O) groups excluding carboxylic acids is 1. The molecule has 1 aromatic carbocycles. The normalized spacial score (nSPS) is 10.5. The van der Waals surface area contributed by atoms with Gasteiger partial charge in [0.05, 0.1) is 23.9 Å². The fourth-order valence-corrected chi connectivity index (χ4v) is 3.47. The average molecular weight is 376 g/mol. The van der Waals surface area contributed by atoms with Gasteiger partial charge in [-0.15, -0.1) is 23.5 Å². The van der Waals surface area contributed by atoms with Gasteiger partial charge in [-0.1, -0.05) is 0 Å². The van der Waals surface area contributed by atoms with E-state index in [1.54, 1.807) is 23.7 Å². The minimum absolute atomic E-state index is 0.0225. The maximum absolute atomic E-state index is 12.0. The first-order valence-corrected chi connectivity index (χ1v) is 10.2. The smallest absolute Gasteiger partial charge is 0.232 e. The third kappa shape index (κ3) is 5.55. The highest BCUT2D eigenvalue weighted by Gasteiger charge is 2.13. The molecule has 0 radical (unpaired) electrons. The lowest BCUT2D eigenvalue weighted by Crippen LogP contribution is -2.29. The SMILES string of the molecule is CSc1ccc(-c2nc(CSCC(=O)N(C)CCC#N)c(C)o2)cc1. The highest BCUT2D eigenvalue weighted by molar-refractivity contribution is 7.99. The molecule has 0 saturated carbocycles. The number of benzene rings is 1. The molecule has 0 aliphatic rings. The Kier molecular flexibility index (Phi) is 7.41. The topological polar surface area (TPSA) is 70.1 Å². The zero-order chi connectivity index (χ0) is 18.2. The number of nitrogens with zero attached hydrogens (tertiary/aromatic N) is 3. The van der Waals surface area contributed by atoms with Crippen LogP contribution in [-0.2, 0) is 10.5 Å². The average Bonchev–Trinajstić information content (AvgIpc) is 3.00. The summed E-state index contributed by atoms with van der Waals surface area (Å²) in [6.45, 7) is 2.36. The summed E-state index contributed by atoms with van der Waals surface area (Å²) in [4.78, 5) is 19.3. The molecule has 0 N–H and O–H groups in total. The lowest BCUT2D eigenvalue weighted by Gasteiger charge is -2.14. The summed E-state index contributed by atoms with van der Waals surface area (Å²) in [7, 11) is 1.72. The van der Waals surface area contributed by atoms with E-state index in [9.17, 15) is 4.79 Å². The summed E-state index contributed by atoms with van der Waals surface area (Å²) in [5.74, 6) is 2.40. The number of rotatable bonds is 8. The number of oxazole rings is 1. The number of aryl methyl sites for hydroxylation is 1. The number of nitriles is 1. The number of hydrogen-bond acceptors (Lipinski definition) is 6. The van der Waals surface area contributed by atoms with Gasteiger partial charge in [0, 0.05) is 29.8 Å². The molecule has 0 aliphatic carbocycles. The largest absolute Gasteiger partial charge is 0.441 e. The van der Waals surface area contributed by atoms with Crippen molar-refractivity contribution in [3.8, 4) is 17.5 Å². The number of aromatic nitrogens is 1. The molecular weight excluding hydrogens is 354 g/mol. The maximum atomic E-state index is 12.0. The van der Waals surface area contributed by atoms with Gasteiger partial charge in [0.1, 0.15) is 5.76 Å². The molecule has 0 atom stereocenters. The van der Waals surface area contributed by atoms with Crippen LogP contribution in [0.3, 0.4) is 0 Å². The number of amides is 1. The molecule has 5 nitrogen and oxygen atoms in total. The lowest BCUT2D eigenvalue weighted by molar-refractivity contribution is -0.127. The van der Waals surface area contributed by atoms with Gasteiger partial charge < -0.3 is 9.32 Å². The van der Waals surface area contributed by atoms with Crippen LogP contribution in [0, 0.1) is 18.3 Å². The van der Waals surface area contributed by atoms with Crippen molar-refractivity contribution in [2.75, 3.05) is 25.6 Å². The zero-order valence-corrected chi connectivity index (χ0v) is 16.2. The molecule has 0 saturated heterocycles. The molecule has 2 rings (SSSR count). The summed E-state index contributed by atoms with van der Waals surface area (Å²) >= 11 is 3.20. The van der Waals surface area contributed by atoms with Crippen LogP contribution in [0.1, 0.15) is 17.9 Å². The Morgan fingerprint density at radius 2 is 2.08 bits per heavy atom. The van der Waals surface area contributed by atoms with E-state index < -0.39 is 0 Å². The van der Waals surface area contributed by atoms with E-state index in [2.05, 4.69) is 4.98 Å². The second-order valence-electron chi connectivity index (χ2n) is 5.47. The van der Waals surface area contributed by atoms with Crippen LogP contribution < -0.4 is 0 Å². The van der Waals surface area contributed by atoms with Crippen LogP contribution in [0.4, 0.5) is 0 Å². The molecule has 0 unspecified atom stereocenters. The molecule has 0 bridgehead atoms. The van der Waals surface area contributed by atoms with Crippen molar-refractivity contribution in [2.45, 2.75) is 24.0 Å². The first kappa shape index (κ1) is 19.4. The Balaban J connectivity index is 1.92. The van der Waals surface area contributed by atoms with E-state index in [0.29, 0.717) is 30.4 Å². The van der Waals surface area contributed by atoms with Gasteiger partial charge in [0.15, 0.2) is 0 Å². The predicted octanol–water partition coefficient (Wildman–Crippen LogP) is 3.98. The van der Waals surface area contributed by atoms with E-state index in [0.717, 1.165) is 17.0 Å². The van der Waals surface area contributed by atoms with Crippen LogP contribution >= 0.6 is 23.5 Å². The molecule has 1 aromatic heterocycles. The summed E-state index contributed by atoms with van der Waals surface area (Å²) in [5.41, 5.74) is 1.81. The minimum Gasteiger partial charge on any atom is -0.441 e. The van der Waals surface area contributed by atoms with Crippen molar-refractivity contribution in [1.29, 1.82) is 5.26 Å². The molecule has 1 amide bonds. The first-order valence-electron chi connectivity index (χ1n) is 7.84. The van der Waals surface area contributed by atoms with Crippen LogP contribution in [0.5, 0.6) is 0 Å². The van der Waals surface area contributed by atoms with Gasteiger partial charge >= 0.3 is 0 Å². The summed E-state index contributed by atoms with van der Waals surface area (Å²) in [6.07, 6.45) is 2.40. The highest BCUT2D eigenvalue weighted by atomic mass is 32.2. The minimum atomic E-state index is 0.0225. The van der Waals surface area contributed by atoms with E-state index in [-0.39, 0.29) is 5.91 Å². The van der Waals surface area contributed by atoms with Crippen LogP contribution in [0.15, 0.2) is 33.6 Å². The molecule has 0 fully saturated rings. The van der Waals surface area contributed by atoms with Gasteiger partial charge in [-0.2, -0.15) is 5.26 Å². The van der Waals surface area contributed by atoms with E-state index >= 15 is 0 Å². The van der Waals surface area contributed by atoms with Gasteiger partial charge in [-0.05, 0) is 37.4 Å². The number of carbonyl (C=O) groups is 1.